The van der Waals surface area contributed by atoms with Gasteiger partial charge in [0.1, 0.15) is 0 Å². The van der Waals surface area contributed by atoms with Crippen LogP contribution in [0.1, 0.15) is 17.4 Å². The zero-order valence-electron chi connectivity index (χ0n) is 7.28. The molecule has 4 nitrogen and oxygen atoms in total. The third-order valence-electron chi connectivity index (χ3n) is 1.95. The highest BCUT2D eigenvalue weighted by atomic mass is 16.6. The first-order valence-corrected chi connectivity index (χ1v) is 4.13. The second-order valence-electron chi connectivity index (χ2n) is 3.04. The third kappa shape index (κ3) is 1.61. The average molecular weight is 178 g/mol. The minimum atomic E-state index is -0.368. The Labute approximate surface area is 75.9 Å². The molecule has 2 heterocycles. The van der Waals surface area contributed by atoms with Crippen molar-refractivity contribution in [3.8, 4) is 0 Å². The summed E-state index contributed by atoms with van der Waals surface area (Å²) < 4.78 is 4.97. The molecule has 4 heteroatoms. The number of rotatable bonds is 1. The van der Waals surface area contributed by atoms with Crippen LogP contribution >= 0.6 is 0 Å². The van der Waals surface area contributed by atoms with E-state index in [-0.39, 0.29) is 12.2 Å². The van der Waals surface area contributed by atoms with Crippen LogP contribution in [0.5, 0.6) is 0 Å². The number of aryl methyl sites for hydroxylation is 1. The normalized spacial score (nSPS) is 21.0. The first-order valence-electron chi connectivity index (χ1n) is 4.13. The zero-order chi connectivity index (χ0) is 9.26. The first-order chi connectivity index (χ1) is 6.25. The van der Waals surface area contributed by atoms with Gasteiger partial charge in [-0.25, -0.2) is 4.79 Å². The van der Waals surface area contributed by atoms with E-state index < -0.39 is 0 Å². The number of amides is 1. The molecular formula is C9H10N2O2. The molecule has 1 aromatic rings. The summed E-state index contributed by atoms with van der Waals surface area (Å²) in [6, 6.07) is 3.83. The summed E-state index contributed by atoms with van der Waals surface area (Å²) in [5.41, 5.74) is 1.89. The Kier molecular flexibility index (Phi) is 1.88. The van der Waals surface area contributed by atoms with Gasteiger partial charge in [-0.15, -0.1) is 0 Å². The fourth-order valence-electron chi connectivity index (χ4n) is 1.22. The quantitative estimate of drug-likeness (QED) is 0.702. The number of hydrogen-bond acceptors (Lipinski definition) is 3. The number of ether oxygens (including phenoxy) is 1. The van der Waals surface area contributed by atoms with Crippen molar-refractivity contribution >= 4 is 6.09 Å². The van der Waals surface area contributed by atoms with Gasteiger partial charge in [0.05, 0.1) is 12.2 Å². The fraction of sp³-hybridized carbons (Fsp3) is 0.333. The molecule has 1 aliphatic rings. The van der Waals surface area contributed by atoms with Crippen LogP contribution < -0.4 is 5.32 Å². The molecule has 0 aromatic carbocycles. The molecule has 1 unspecified atom stereocenters. The van der Waals surface area contributed by atoms with Crippen molar-refractivity contribution in [1.82, 2.24) is 10.3 Å². The van der Waals surface area contributed by atoms with E-state index in [0.717, 1.165) is 11.3 Å². The summed E-state index contributed by atoms with van der Waals surface area (Å²) in [5, 5.41) is 2.58. The van der Waals surface area contributed by atoms with E-state index >= 15 is 0 Å². The number of nitrogens with one attached hydrogen (secondary N) is 1. The van der Waals surface area contributed by atoms with Crippen LogP contribution in [0.3, 0.4) is 0 Å². The molecule has 2 rings (SSSR count). The molecule has 1 amide bonds. The van der Waals surface area contributed by atoms with Gasteiger partial charge in [-0.3, -0.25) is 4.98 Å². The zero-order valence-corrected chi connectivity index (χ0v) is 7.28. The van der Waals surface area contributed by atoms with E-state index in [2.05, 4.69) is 10.3 Å². The smallest absolute Gasteiger partial charge is 0.408 e. The number of aromatic nitrogens is 1. The minimum absolute atomic E-state index is 0.229. The van der Waals surface area contributed by atoms with E-state index in [1.54, 1.807) is 6.20 Å². The number of pyridine rings is 1. The summed E-state index contributed by atoms with van der Waals surface area (Å²) in [6.07, 6.45) is 1.17. The SMILES string of the molecule is Cc1ccc(C2CNC(=O)O2)nc1. The molecule has 1 fully saturated rings. The van der Waals surface area contributed by atoms with Gasteiger partial charge in [0.15, 0.2) is 6.10 Å². The van der Waals surface area contributed by atoms with Crippen molar-refractivity contribution in [1.29, 1.82) is 0 Å². The van der Waals surface area contributed by atoms with E-state index in [4.69, 9.17) is 4.74 Å². The van der Waals surface area contributed by atoms with Gasteiger partial charge < -0.3 is 10.1 Å². The van der Waals surface area contributed by atoms with Crippen molar-refractivity contribution < 1.29 is 9.53 Å². The highest BCUT2D eigenvalue weighted by Crippen LogP contribution is 2.18. The van der Waals surface area contributed by atoms with Crippen LogP contribution in [0.15, 0.2) is 18.3 Å². The van der Waals surface area contributed by atoms with Crippen LogP contribution in [0.2, 0.25) is 0 Å². The Bertz CT molecular complexity index is 321. The highest BCUT2D eigenvalue weighted by Gasteiger charge is 2.24. The van der Waals surface area contributed by atoms with Crippen LogP contribution in [0, 0.1) is 6.92 Å². The van der Waals surface area contributed by atoms with E-state index in [1.165, 1.54) is 0 Å². The lowest BCUT2D eigenvalue weighted by molar-refractivity contribution is 0.139. The number of hydrogen-bond donors (Lipinski definition) is 1. The van der Waals surface area contributed by atoms with E-state index in [0.29, 0.717) is 6.54 Å². The lowest BCUT2D eigenvalue weighted by atomic mass is 10.2. The Morgan fingerprint density at radius 2 is 2.46 bits per heavy atom. The number of nitrogens with zero attached hydrogens (tertiary/aromatic N) is 1. The number of alkyl carbamates (subject to hydrolysis) is 1. The lowest BCUT2D eigenvalue weighted by Gasteiger charge is -2.06. The second-order valence-corrected chi connectivity index (χ2v) is 3.04. The van der Waals surface area contributed by atoms with E-state index in [9.17, 15) is 4.79 Å². The maximum absolute atomic E-state index is 10.7. The Morgan fingerprint density at radius 3 is 3.00 bits per heavy atom. The standard InChI is InChI=1S/C9H10N2O2/c1-6-2-3-7(10-4-6)8-5-11-9(12)13-8/h2-4,8H,5H2,1H3,(H,11,12). The Morgan fingerprint density at radius 1 is 1.62 bits per heavy atom. The van der Waals surface area contributed by atoms with E-state index in [1.807, 2.05) is 19.1 Å². The molecule has 13 heavy (non-hydrogen) atoms. The third-order valence-corrected chi connectivity index (χ3v) is 1.95. The van der Waals surface area contributed by atoms with Gasteiger partial charge in [0.25, 0.3) is 0 Å². The molecule has 0 bridgehead atoms. The maximum Gasteiger partial charge on any atom is 0.408 e. The fourth-order valence-corrected chi connectivity index (χ4v) is 1.22. The highest BCUT2D eigenvalue weighted by molar-refractivity contribution is 5.69. The first kappa shape index (κ1) is 8.04. The summed E-state index contributed by atoms with van der Waals surface area (Å²) in [5.74, 6) is 0. The van der Waals surface area contributed by atoms with Crippen LogP contribution in [-0.2, 0) is 4.74 Å². The van der Waals surface area contributed by atoms with Crippen molar-refractivity contribution in [3.63, 3.8) is 0 Å². The molecule has 0 aliphatic carbocycles. The molecule has 68 valence electrons. The monoisotopic (exact) mass is 178 g/mol. The number of carbonyl (C=O) groups is 1. The van der Waals surface area contributed by atoms with Crippen LogP contribution in [-0.4, -0.2) is 17.6 Å². The molecule has 1 atom stereocenters. The molecule has 0 saturated carbocycles. The number of carbonyl (C=O) groups excluding carboxylic acids is 1. The van der Waals surface area contributed by atoms with Gasteiger partial charge >= 0.3 is 6.09 Å². The summed E-state index contributed by atoms with van der Waals surface area (Å²) in [6.45, 7) is 2.48. The largest absolute Gasteiger partial charge is 0.438 e. The topological polar surface area (TPSA) is 51.2 Å². The summed E-state index contributed by atoms with van der Waals surface area (Å²) in [4.78, 5) is 14.9. The van der Waals surface area contributed by atoms with Crippen molar-refractivity contribution in [2.75, 3.05) is 6.54 Å². The summed E-state index contributed by atoms with van der Waals surface area (Å²) in [7, 11) is 0. The van der Waals surface area contributed by atoms with Gasteiger partial charge in [0.2, 0.25) is 0 Å². The summed E-state index contributed by atoms with van der Waals surface area (Å²) >= 11 is 0. The molecule has 1 aromatic heterocycles. The van der Waals surface area contributed by atoms with Gasteiger partial charge in [0, 0.05) is 6.20 Å². The number of cyclic esters (lactones) is 1. The molecular weight excluding hydrogens is 168 g/mol. The predicted molar refractivity (Wildman–Crippen MR) is 46.2 cm³/mol. The van der Waals surface area contributed by atoms with Gasteiger partial charge in [-0.2, -0.15) is 0 Å². The maximum atomic E-state index is 10.7. The molecule has 1 aliphatic heterocycles. The van der Waals surface area contributed by atoms with Gasteiger partial charge in [-0.1, -0.05) is 6.07 Å². The molecule has 0 radical (unpaired) electrons. The average Bonchev–Trinajstić information content (AvgIpc) is 2.53. The Balaban J connectivity index is 2.17. The predicted octanol–water partition coefficient (Wildman–Crippen LogP) is 1.17. The van der Waals surface area contributed by atoms with Crippen LogP contribution in [0.4, 0.5) is 4.79 Å². The Hall–Kier alpha value is -1.58. The van der Waals surface area contributed by atoms with Crippen molar-refractivity contribution in [3.05, 3.63) is 29.6 Å². The van der Waals surface area contributed by atoms with Crippen molar-refractivity contribution in [2.24, 2.45) is 0 Å². The van der Waals surface area contributed by atoms with Crippen LogP contribution in [0.25, 0.3) is 0 Å². The molecule has 1 saturated heterocycles. The van der Waals surface area contributed by atoms with Gasteiger partial charge in [-0.05, 0) is 18.6 Å². The minimum Gasteiger partial charge on any atom is -0.438 e. The van der Waals surface area contributed by atoms with Crippen molar-refractivity contribution in [2.45, 2.75) is 13.0 Å². The lowest BCUT2D eigenvalue weighted by Crippen LogP contribution is -2.12. The molecule has 1 N–H and O–H groups in total. The molecule has 0 spiro atoms. The second kappa shape index (κ2) is 3.05.